The predicted octanol–water partition coefficient (Wildman–Crippen LogP) is 1.57. The Morgan fingerprint density at radius 2 is 1.93 bits per heavy atom. The van der Waals surface area contributed by atoms with Crippen molar-refractivity contribution in [1.82, 2.24) is 30.6 Å². The van der Waals surface area contributed by atoms with E-state index < -0.39 is 5.91 Å². The SMILES string of the molecule is O=C(Nc1nn[nH]n1)c1cnc(N2CCOCC2)nc1OC1CCCCCCC1. The van der Waals surface area contributed by atoms with Gasteiger partial charge < -0.3 is 14.4 Å². The zero-order valence-electron chi connectivity index (χ0n) is 16.3. The largest absolute Gasteiger partial charge is 0.474 e. The first-order valence-electron chi connectivity index (χ1n) is 10.2. The molecule has 0 aromatic carbocycles. The average Bonchev–Trinajstić information content (AvgIpc) is 3.23. The number of rotatable bonds is 5. The van der Waals surface area contributed by atoms with Crippen LogP contribution in [-0.2, 0) is 4.74 Å². The van der Waals surface area contributed by atoms with E-state index in [1.807, 2.05) is 4.90 Å². The van der Waals surface area contributed by atoms with Crippen LogP contribution in [0.3, 0.4) is 0 Å². The van der Waals surface area contributed by atoms with Gasteiger partial charge in [0.15, 0.2) is 0 Å². The fraction of sp³-hybridized carbons (Fsp3) is 0.667. The van der Waals surface area contributed by atoms with Crippen LogP contribution in [-0.4, -0.2) is 68.9 Å². The molecule has 4 rings (SSSR count). The molecule has 2 N–H and O–H groups in total. The van der Waals surface area contributed by atoms with Crippen molar-refractivity contribution in [3.63, 3.8) is 0 Å². The minimum atomic E-state index is -0.430. The third-order valence-corrected chi connectivity index (χ3v) is 5.18. The van der Waals surface area contributed by atoms with Gasteiger partial charge in [0, 0.05) is 19.3 Å². The van der Waals surface area contributed by atoms with Crippen molar-refractivity contribution in [3.05, 3.63) is 11.8 Å². The third kappa shape index (κ3) is 5.17. The summed E-state index contributed by atoms with van der Waals surface area (Å²) in [4.78, 5) is 23.8. The van der Waals surface area contributed by atoms with Crippen LogP contribution in [0.2, 0.25) is 0 Å². The first-order chi connectivity index (χ1) is 14.3. The molecule has 2 aromatic heterocycles. The van der Waals surface area contributed by atoms with Crippen LogP contribution in [0.5, 0.6) is 5.88 Å². The Hall–Kier alpha value is -2.82. The Morgan fingerprint density at radius 1 is 1.17 bits per heavy atom. The minimum absolute atomic E-state index is 0.0412. The van der Waals surface area contributed by atoms with Crippen molar-refractivity contribution in [2.24, 2.45) is 0 Å². The lowest BCUT2D eigenvalue weighted by atomic mass is 9.98. The van der Waals surface area contributed by atoms with Gasteiger partial charge in [-0.25, -0.2) is 4.98 Å². The smallest absolute Gasteiger partial charge is 0.270 e. The number of ether oxygens (including phenoxy) is 2. The summed E-state index contributed by atoms with van der Waals surface area (Å²) < 4.78 is 11.7. The lowest BCUT2D eigenvalue weighted by molar-refractivity contribution is 0.101. The Kier molecular flexibility index (Phi) is 6.45. The molecule has 1 saturated carbocycles. The van der Waals surface area contributed by atoms with E-state index in [1.54, 1.807) is 0 Å². The molecule has 3 heterocycles. The summed E-state index contributed by atoms with van der Waals surface area (Å²) >= 11 is 0. The molecule has 1 saturated heterocycles. The van der Waals surface area contributed by atoms with Crippen LogP contribution in [0.1, 0.15) is 55.3 Å². The molecule has 1 amide bonds. The predicted molar refractivity (Wildman–Crippen MR) is 104 cm³/mol. The molecule has 156 valence electrons. The van der Waals surface area contributed by atoms with Crippen LogP contribution < -0.4 is 15.0 Å². The number of amides is 1. The summed E-state index contributed by atoms with van der Waals surface area (Å²) in [6, 6.07) is 0. The van der Waals surface area contributed by atoms with Crippen LogP contribution in [0.15, 0.2) is 6.20 Å². The van der Waals surface area contributed by atoms with Crippen LogP contribution in [0.25, 0.3) is 0 Å². The minimum Gasteiger partial charge on any atom is -0.474 e. The number of morpholine rings is 1. The van der Waals surface area contributed by atoms with Gasteiger partial charge in [0.05, 0.1) is 13.2 Å². The molecule has 1 aliphatic carbocycles. The first-order valence-corrected chi connectivity index (χ1v) is 10.2. The number of tetrazole rings is 1. The van der Waals surface area contributed by atoms with Crippen molar-refractivity contribution in [2.45, 2.75) is 51.0 Å². The highest BCUT2D eigenvalue weighted by atomic mass is 16.5. The number of nitrogens with one attached hydrogen (secondary N) is 2. The number of aromatic nitrogens is 6. The van der Waals surface area contributed by atoms with Crippen molar-refractivity contribution in [2.75, 3.05) is 36.5 Å². The second kappa shape index (κ2) is 9.59. The highest BCUT2D eigenvalue weighted by Gasteiger charge is 2.23. The van der Waals surface area contributed by atoms with Crippen molar-refractivity contribution in [1.29, 1.82) is 0 Å². The average molecular weight is 402 g/mol. The van der Waals surface area contributed by atoms with Gasteiger partial charge in [-0.15, -0.1) is 5.10 Å². The summed E-state index contributed by atoms with van der Waals surface area (Å²) in [5, 5.41) is 15.9. The molecule has 1 aliphatic heterocycles. The summed E-state index contributed by atoms with van der Waals surface area (Å²) in [6.45, 7) is 2.67. The van der Waals surface area contributed by atoms with Gasteiger partial charge >= 0.3 is 0 Å². The van der Waals surface area contributed by atoms with E-state index in [0.29, 0.717) is 38.1 Å². The van der Waals surface area contributed by atoms with Crippen molar-refractivity contribution in [3.8, 4) is 5.88 Å². The molecular weight excluding hydrogens is 376 g/mol. The maximum absolute atomic E-state index is 12.8. The van der Waals surface area contributed by atoms with E-state index in [0.717, 1.165) is 25.7 Å². The normalized spacial score (nSPS) is 18.7. The summed E-state index contributed by atoms with van der Waals surface area (Å²) in [5.41, 5.74) is 0.258. The van der Waals surface area contributed by atoms with Gasteiger partial charge in [0.25, 0.3) is 11.9 Å². The molecule has 0 bridgehead atoms. The van der Waals surface area contributed by atoms with Crippen molar-refractivity contribution < 1.29 is 14.3 Å². The van der Waals surface area contributed by atoms with Gasteiger partial charge in [-0.05, 0) is 30.9 Å². The number of H-pyrrole nitrogens is 1. The quantitative estimate of drug-likeness (QED) is 0.765. The maximum Gasteiger partial charge on any atom is 0.270 e. The maximum atomic E-state index is 12.8. The lowest BCUT2D eigenvalue weighted by Crippen LogP contribution is -2.37. The molecule has 0 radical (unpaired) electrons. The van der Waals surface area contributed by atoms with E-state index in [2.05, 4.69) is 35.9 Å². The Labute approximate surface area is 168 Å². The molecule has 11 heteroatoms. The number of hydrogen-bond acceptors (Lipinski definition) is 9. The molecule has 0 unspecified atom stereocenters. The molecule has 0 atom stereocenters. The molecular formula is C18H26N8O3. The van der Waals surface area contributed by atoms with Gasteiger partial charge in [-0.2, -0.15) is 10.2 Å². The standard InChI is InChI=1S/C18H26N8O3/c27-15(20-17-22-24-25-23-17)14-12-19-18(26-8-10-28-11-9-26)21-16(14)29-13-6-4-2-1-3-5-7-13/h12-13H,1-11H2,(H2,20,22,23,24,25,27). The molecule has 29 heavy (non-hydrogen) atoms. The molecule has 2 aliphatic rings. The van der Waals surface area contributed by atoms with Crippen LogP contribution in [0, 0.1) is 0 Å². The highest BCUT2D eigenvalue weighted by Crippen LogP contribution is 2.26. The number of carbonyl (C=O) groups is 1. The van der Waals surface area contributed by atoms with E-state index in [-0.39, 0.29) is 17.6 Å². The number of aromatic amines is 1. The molecule has 11 nitrogen and oxygen atoms in total. The zero-order chi connectivity index (χ0) is 19.9. The van der Waals surface area contributed by atoms with Crippen LogP contribution >= 0.6 is 0 Å². The number of carbonyl (C=O) groups excluding carboxylic acids is 1. The zero-order valence-corrected chi connectivity index (χ0v) is 16.3. The fourth-order valence-corrected chi connectivity index (χ4v) is 3.60. The summed E-state index contributed by atoms with van der Waals surface area (Å²) in [5.74, 6) is 0.503. The Morgan fingerprint density at radius 3 is 2.66 bits per heavy atom. The number of hydrogen-bond donors (Lipinski definition) is 2. The lowest BCUT2D eigenvalue weighted by Gasteiger charge is -2.28. The fourth-order valence-electron chi connectivity index (χ4n) is 3.60. The van der Waals surface area contributed by atoms with E-state index in [4.69, 9.17) is 9.47 Å². The molecule has 2 fully saturated rings. The monoisotopic (exact) mass is 402 g/mol. The molecule has 0 spiro atoms. The van der Waals surface area contributed by atoms with Crippen molar-refractivity contribution >= 4 is 17.8 Å². The second-order valence-electron chi connectivity index (χ2n) is 7.26. The van der Waals surface area contributed by atoms with E-state index in [9.17, 15) is 4.79 Å². The number of anilines is 2. The Balaban J connectivity index is 1.57. The van der Waals surface area contributed by atoms with Crippen LogP contribution in [0.4, 0.5) is 11.9 Å². The summed E-state index contributed by atoms with van der Waals surface area (Å²) in [6.07, 6.45) is 9.42. The topological polar surface area (TPSA) is 131 Å². The van der Waals surface area contributed by atoms with Gasteiger partial charge in [0.1, 0.15) is 11.7 Å². The van der Waals surface area contributed by atoms with Gasteiger partial charge in [0.2, 0.25) is 11.8 Å². The summed E-state index contributed by atoms with van der Waals surface area (Å²) in [7, 11) is 0. The highest BCUT2D eigenvalue weighted by molar-refractivity contribution is 6.04. The van der Waals surface area contributed by atoms with E-state index in [1.165, 1.54) is 25.5 Å². The Bertz CT molecular complexity index is 786. The first kappa shape index (κ1) is 19.5. The van der Waals surface area contributed by atoms with Gasteiger partial charge in [-0.3, -0.25) is 10.1 Å². The third-order valence-electron chi connectivity index (χ3n) is 5.18. The van der Waals surface area contributed by atoms with E-state index >= 15 is 0 Å². The second-order valence-corrected chi connectivity index (χ2v) is 7.26. The molecule has 2 aromatic rings. The van der Waals surface area contributed by atoms with Gasteiger partial charge in [-0.1, -0.05) is 24.4 Å². The number of nitrogens with zero attached hydrogens (tertiary/aromatic N) is 6.